The van der Waals surface area contributed by atoms with Crippen LogP contribution < -0.4 is 9.80 Å². The van der Waals surface area contributed by atoms with Crippen LogP contribution >= 0.6 is 0 Å². The maximum Gasteiger partial charge on any atom is 0.433 e. The first-order valence-electron chi connectivity index (χ1n) is 8.81. The number of amides is 1. The summed E-state index contributed by atoms with van der Waals surface area (Å²) >= 11 is 0. The van der Waals surface area contributed by atoms with Crippen LogP contribution in [0.4, 0.5) is 42.2 Å². The van der Waals surface area contributed by atoms with Crippen molar-refractivity contribution in [2.24, 2.45) is 5.92 Å². The molecule has 1 atom stereocenters. The van der Waals surface area contributed by atoms with Crippen molar-refractivity contribution in [2.75, 3.05) is 29.9 Å². The lowest BCUT2D eigenvalue weighted by Gasteiger charge is -2.23. The van der Waals surface area contributed by atoms with E-state index in [1.807, 2.05) is 0 Å². The van der Waals surface area contributed by atoms with Crippen molar-refractivity contribution >= 4 is 17.4 Å². The van der Waals surface area contributed by atoms with Crippen molar-refractivity contribution in [2.45, 2.75) is 18.8 Å². The fraction of sp³-hybridized carbons (Fsp3) is 0.368. The van der Waals surface area contributed by atoms with Crippen LogP contribution in [0.5, 0.6) is 0 Å². The van der Waals surface area contributed by atoms with Gasteiger partial charge in [0.1, 0.15) is 17.3 Å². The van der Waals surface area contributed by atoms with Crippen LogP contribution in [0.2, 0.25) is 0 Å². The normalized spacial score (nSPS) is 17.3. The number of pyridine rings is 1. The SMILES string of the molecule is CN(C(=O)[C@H]1CCN(c2cc(C(F)(F)F)cc(C(F)(F)F)n2)C1)c1ccc(F)cc1. The number of benzene rings is 1. The third-order valence-corrected chi connectivity index (χ3v) is 4.84. The van der Waals surface area contributed by atoms with E-state index in [2.05, 4.69) is 4.98 Å². The summed E-state index contributed by atoms with van der Waals surface area (Å²) in [5, 5.41) is 0. The van der Waals surface area contributed by atoms with Crippen molar-refractivity contribution in [1.29, 1.82) is 0 Å². The number of hydrogen-bond acceptors (Lipinski definition) is 3. The predicted octanol–water partition coefficient (Wildman–Crippen LogP) is 4.75. The fourth-order valence-corrected chi connectivity index (χ4v) is 3.22. The second kappa shape index (κ2) is 7.77. The van der Waals surface area contributed by atoms with Gasteiger partial charge in [0.05, 0.1) is 11.5 Å². The number of carbonyl (C=O) groups is 1. The Hall–Kier alpha value is -2.85. The maximum atomic E-state index is 13.0. The van der Waals surface area contributed by atoms with Crippen LogP contribution in [0.1, 0.15) is 17.7 Å². The quantitative estimate of drug-likeness (QED) is 0.654. The number of anilines is 2. The molecule has 0 N–H and O–H groups in total. The summed E-state index contributed by atoms with van der Waals surface area (Å²) in [6.45, 7) is -0.0186. The number of nitrogens with zero attached hydrogens (tertiary/aromatic N) is 3. The first-order chi connectivity index (χ1) is 13.9. The number of alkyl halides is 6. The van der Waals surface area contributed by atoms with Crippen LogP contribution in [-0.4, -0.2) is 31.0 Å². The highest BCUT2D eigenvalue weighted by Crippen LogP contribution is 2.37. The Kier molecular flexibility index (Phi) is 5.66. The van der Waals surface area contributed by atoms with Gasteiger partial charge in [0, 0.05) is 25.8 Å². The number of hydrogen-bond donors (Lipinski definition) is 0. The molecular formula is C19H16F7N3O. The van der Waals surface area contributed by atoms with Crippen LogP contribution in [-0.2, 0) is 17.1 Å². The van der Waals surface area contributed by atoms with Gasteiger partial charge in [-0.25, -0.2) is 9.37 Å². The molecule has 1 aromatic carbocycles. The molecule has 162 valence electrons. The minimum atomic E-state index is -5.05. The number of halogens is 7. The Labute approximate surface area is 166 Å². The van der Waals surface area contributed by atoms with Gasteiger partial charge in [-0.15, -0.1) is 0 Å². The Morgan fingerprint density at radius 3 is 2.27 bits per heavy atom. The van der Waals surface area contributed by atoms with Gasteiger partial charge in [0.15, 0.2) is 0 Å². The minimum absolute atomic E-state index is 0.0372. The van der Waals surface area contributed by atoms with Gasteiger partial charge < -0.3 is 9.80 Å². The number of rotatable bonds is 3. The van der Waals surface area contributed by atoms with E-state index in [0.29, 0.717) is 11.8 Å². The standard InChI is InChI=1S/C19H16F7N3O/c1-28(14-4-2-13(20)3-5-14)17(30)11-6-7-29(10-11)16-9-12(18(21,22)23)8-15(27-16)19(24,25)26/h2-5,8-9,11H,6-7,10H2,1H3/t11-/m0/s1. The Morgan fingerprint density at radius 1 is 1.07 bits per heavy atom. The molecule has 1 aromatic heterocycles. The molecule has 0 bridgehead atoms. The van der Waals surface area contributed by atoms with E-state index in [1.165, 1.54) is 41.1 Å². The van der Waals surface area contributed by atoms with Gasteiger partial charge in [0.2, 0.25) is 5.91 Å². The Morgan fingerprint density at radius 2 is 1.70 bits per heavy atom. The lowest BCUT2D eigenvalue weighted by Crippen LogP contribution is -2.34. The molecule has 2 aromatic rings. The van der Waals surface area contributed by atoms with Crippen molar-refractivity contribution in [3.05, 3.63) is 53.5 Å². The lowest BCUT2D eigenvalue weighted by molar-refractivity contribution is -0.145. The summed E-state index contributed by atoms with van der Waals surface area (Å²) < 4.78 is 91.2. The molecular weight excluding hydrogens is 419 g/mol. The molecule has 1 aliphatic rings. The first-order valence-corrected chi connectivity index (χ1v) is 8.81. The summed E-state index contributed by atoms with van der Waals surface area (Å²) in [6.07, 6.45) is -9.80. The van der Waals surface area contributed by atoms with E-state index >= 15 is 0 Å². The molecule has 11 heteroatoms. The predicted molar refractivity (Wildman–Crippen MR) is 94.4 cm³/mol. The Bertz CT molecular complexity index is 893. The molecule has 0 unspecified atom stereocenters. The molecule has 1 aliphatic heterocycles. The lowest BCUT2D eigenvalue weighted by atomic mass is 10.1. The van der Waals surface area contributed by atoms with Crippen LogP contribution in [0, 0.1) is 11.7 Å². The van der Waals surface area contributed by atoms with Crippen LogP contribution in [0.25, 0.3) is 0 Å². The van der Waals surface area contributed by atoms with E-state index in [4.69, 9.17) is 0 Å². The smallest absolute Gasteiger partial charge is 0.356 e. The minimum Gasteiger partial charge on any atom is -0.356 e. The van der Waals surface area contributed by atoms with Crippen molar-refractivity contribution in [3.8, 4) is 0 Å². The summed E-state index contributed by atoms with van der Waals surface area (Å²) in [6, 6.07) is 5.64. The molecule has 3 rings (SSSR count). The van der Waals surface area contributed by atoms with Crippen molar-refractivity contribution in [3.63, 3.8) is 0 Å². The number of aromatic nitrogens is 1. The molecule has 0 saturated carbocycles. The third-order valence-electron chi connectivity index (χ3n) is 4.84. The highest BCUT2D eigenvalue weighted by Gasteiger charge is 2.40. The van der Waals surface area contributed by atoms with Crippen LogP contribution in [0.15, 0.2) is 36.4 Å². The topological polar surface area (TPSA) is 36.4 Å². The first kappa shape index (κ1) is 21.8. The zero-order valence-corrected chi connectivity index (χ0v) is 15.6. The van der Waals surface area contributed by atoms with Gasteiger partial charge in [-0.05, 0) is 42.8 Å². The molecule has 0 aliphatic carbocycles. The van der Waals surface area contributed by atoms with E-state index in [1.54, 1.807) is 0 Å². The zero-order chi connectivity index (χ0) is 22.3. The molecule has 30 heavy (non-hydrogen) atoms. The van der Waals surface area contributed by atoms with E-state index in [0.717, 1.165) is 0 Å². The van der Waals surface area contributed by atoms with Gasteiger partial charge in [-0.1, -0.05) is 0 Å². The average Bonchev–Trinajstić information content (AvgIpc) is 3.16. The maximum absolute atomic E-state index is 13.0. The molecule has 0 spiro atoms. The summed E-state index contributed by atoms with van der Waals surface area (Å²) in [5.41, 5.74) is -2.69. The Balaban J connectivity index is 1.82. The number of carbonyl (C=O) groups excluding carboxylic acids is 1. The van der Waals surface area contributed by atoms with Crippen LogP contribution in [0.3, 0.4) is 0 Å². The van der Waals surface area contributed by atoms with E-state index < -0.39 is 41.2 Å². The molecule has 1 amide bonds. The van der Waals surface area contributed by atoms with Gasteiger partial charge in [0.25, 0.3) is 0 Å². The largest absolute Gasteiger partial charge is 0.433 e. The van der Waals surface area contributed by atoms with Crippen molar-refractivity contribution < 1.29 is 35.5 Å². The molecule has 4 nitrogen and oxygen atoms in total. The van der Waals surface area contributed by atoms with Crippen molar-refractivity contribution in [1.82, 2.24) is 4.98 Å². The van der Waals surface area contributed by atoms with Gasteiger partial charge in [-0.3, -0.25) is 4.79 Å². The average molecular weight is 435 g/mol. The highest BCUT2D eigenvalue weighted by molar-refractivity contribution is 5.95. The molecule has 1 fully saturated rings. The summed E-state index contributed by atoms with van der Waals surface area (Å²) in [4.78, 5) is 18.5. The fourth-order valence-electron chi connectivity index (χ4n) is 3.22. The van der Waals surface area contributed by atoms with Gasteiger partial charge in [-0.2, -0.15) is 26.3 Å². The highest BCUT2D eigenvalue weighted by atomic mass is 19.4. The van der Waals surface area contributed by atoms with E-state index in [-0.39, 0.29) is 31.5 Å². The third kappa shape index (κ3) is 4.65. The zero-order valence-electron chi connectivity index (χ0n) is 15.6. The second-order valence-corrected chi connectivity index (χ2v) is 6.90. The summed E-state index contributed by atoms with van der Waals surface area (Å²) in [7, 11) is 1.46. The molecule has 2 heterocycles. The second-order valence-electron chi connectivity index (χ2n) is 6.90. The molecule has 0 radical (unpaired) electrons. The monoisotopic (exact) mass is 435 g/mol. The molecule has 1 saturated heterocycles. The van der Waals surface area contributed by atoms with E-state index in [9.17, 15) is 35.5 Å². The summed E-state index contributed by atoms with van der Waals surface area (Å²) in [5.74, 6) is -2.02. The van der Waals surface area contributed by atoms with Gasteiger partial charge >= 0.3 is 12.4 Å².